The summed E-state index contributed by atoms with van der Waals surface area (Å²) < 4.78 is 0. The van der Waals surface area contributed by atoms with Crippen molar-refractivity contribution in [2.45, 2.75) is 76.9 Å². The van der Waals surface area contributed by atoms with Crippen LogP contribution in [0.1, 0.15) is 58.8 Å². The molecule has 18 heavy (non-hydrogen) atoms. The Bertz CT molecular complexity index is 266. The molecule has 3 aliphatic rings. The second-order valence-corrected chi connectivity index (χ2v) is 7.24. The van der Waals surface area contributed by atoms with Crippen LogP contribution in [0.2, 0.25) is 0 Å². The zero-order valence-electron chi connectivity index (χ0n) is 12.2. The van der Waals surface area contributed by atoms with E-state index in [1.54, 1.807) is 0 Å². The van der Waals surface area contributed by atoms with Gasteiger partial charge in [0.2, 0.25) is 0 Å². The molecule has 1 N–H and O–H groups in total. The summed E-state index contributed by atoms with van der Waals surface area (Å²) in [7, 11) is 0. The van der Waals surface area contributed by atoms with E-state index < -0.39 is 0 Å². The first kappa shape index (κ1) is 12.9. The van der Waals surface area contributed by atoms with Crippen molar-refractivity contribution < 1.29 is 0 Å². The topological polar surface area (TPSA) is 15.3 Å². The molecule has 3 rings (SSSR count). The third-order valence-corrected chi connectivity index (χ3v) is 5.47. The Hall–Kier alpha value is -0.0800. The summed E-state index contributed by atoms with van der Waals surface area (Å²) in [5.41, 5.74) is 0. The summed E-state index contributed by atoms with van der Waals surface area (Å²) in [6, 6.07) is 2.55. The Morgan fingerprint density at radius 1 is 1.00 bits per heavy atom. The van der Waals surface area contributed by atoms with Crippen LogP contribution in [0.3, 0.4) is 0 Å². The number of hydrogen-bond acceptors (Lipinski definition) is 2. The van der Waals surface area contributed by atoms with Crippen LogP contribution >= 0.6 is 0 Å². The zero-order valence-corrected chi connectivity index (χ0v) is 12.2. The summed E-state index contributed by atoms with van der Waals surface area (Å²) >= 11 is 0. The lowest BCUT2D eigenvalue weighted by molar-refractivity contribution is 0.250. The molecular weight excluding hydrogens is 220 g/mol. The van der Waals surface area contributed by atoms with Crippen LogP contribution in [0.25, 0.3) is 0 Å². The highest BCUT2D eigenvalue weighted by Gasteiger charge is 2.38. The highest BCUT2D eigenvalue weighted by atomic mass is 15.3. The monoisotopic (exact) mass is 250 g/mol. The largest absolute Gasteiger partial charge is 0.312 e. The van der Waals surface area contributed by atoms with E-state index in [1.165, 1.54) is 58.0 Å². The molecule has 0 radical (unpaired) electrons. The van der Waals surface area contributed by atoms with Crippen LogP contribution in [-0.4, -0.2) is 36.1 Å². The summed E-state index contributed by atoms with van der Waals surface area (Å²) in [5, 5.41) is 3.87. The van der Waals surface area contributed by atoms with E-state index in [9.17, 15) is 0 Å². The van der Waals surface area contributed by atoms with E-state index in [2.05, 4.69) is 24.1 Å². The maximum absolute atomic E-state index is 3.87. The fourth-order valence-corrected chi connectivity index (χ4v) is 3.99. The molecule has 2 heteroatoms. The Balaban J connectivity index is 1.38. The van der Waals surface area contributed by atoms with Crippen molar-refractivity contribution >= 4 is 0 Å². The van der Waals surface area contributed by atoms with E-state index >= 15 is 0 Å². The smallest absolute Gasteiger partial charge is 0.0210 e. The molecule has 1 aliphatic heterocycles. The summed E-state index contributed by atoms with van der Waals surface area (Å²) in [4.78, 5) is 2.75. The lowest BCUT2D eigenvalue weighted by atomic mass is 9.83. The Labute approximate surface area is 113 Å². The molecule has 2 saturated carbocycles. The summed E-state index contributed by atoms with van der Waals surface area (Å²) in [6.07, 6.45) is 10.1. The molecule has 1 heterocycles. The predicted molar refractivity (Wildman–Crippen MR) is 76.7 cm³/mol. The van der Waals surface area contributed by atoms with Gasteiger partial charge >= 0.3 is 0 Å². The molecule has 0 aromatic rings. The predicted octanol–water partition coefficient (Wildman–Crippen LogP) is 3.03. The third-order valence-electron chi connectivity index (χ3n) is 5.47. The molecule has 2 atom stereocenters. The lowest BCUT2D eigenvalue weighted by Gasteiger charge is -2.27. The number of hydrogen-bond donors (Lipinski definition) is 1. The average molecular weight is 250 g/mol. The average Bonchev–Trinajstić information content (AvgIpc) is 3.13. The molecule has 0 aromatic carbocycles. The van der Waals surface area contributed by atoms with Gasteiger partial charge in [-0.05, 0) is 57.4 Å². The molecule has 0 amide bonds. The summed E-state index contributed by atoms with van der Waals surface area (Å²) in [5.74, 6) is 1.95. The van der Waals surface area contributed by atoms with Gasteiger partial charge in [0.05, 0.1) is 0 Å². The SMILES string of the molecule is CC1CCC(CNC2CC(C)N(C3CC3)C2)CC1. The van der Waals surface area contributed by atoms with Gasteiger partial charge in [-0.25, -0.2) is 0 Å². The van der Waals surface area contributed by atoms with Crippen LogP contribution in [0, 0.1) is 11.8 Å². The van der Waals surface area contributed by atoms with E-state index in [4.69, 9.17) is 0 Å². The van der Waals surface area contributed by atoms with Crippen molar-refractivity contribution in [2.24, 2.45) is 11.8 Å². The van der Waals surface area contributed by atoms with Gasteiger partial charge < -0.3 is 5.32 Å². The fourth-order valence-electron chi connectivity index (χ4n) is 3.99. The van der Waals surface area contributed by atoms with E-state index in [0.29, 0.717) is 0 Å². The van der Waals surface area contributed by atoms with Crippen molar-refractivity contribution in [3.05, 3.63) is 0 Å². The van der Waals surface area contributed by atoms with Crippen molar-refractivity contribution in [1.82, 2.24) is 10.2 Å². The molecule has 2 nitrogen and oxygen atoms in total. The van der Waals surface area contributed by atoms with E-state index in [1.807, 2.05) is 0 Å². The standard InChI is InChI=1S/C16H30N2/c1-12-3-5-14(6-4-12)10-17-15-9-13(2)18(11-15)16-7-8-16/h12-17H,3-11H2,1-2H3. The van der Waals surface area contributed by atoms with Gasteiger partial charge in [0.25, 0.3) is 0 Å². The van der Waals surface area contributed by atoms with Crippen molar-refractivity contribution in [3.8, 4) is 0 Å². The van der Waals surface area contributed by atoms with E-state index in [-0.39, 0.29) is 0 Å². The lowest BCUT2D eigenvalue weighted by Crippen LogP contribution is -2.37. The fraction of sp³-hybridized carbons (Fsp3) is 1.00. The normalized spacial score (nSPS) is 42.3. The van der Waals surface area contributed by atoms with Gasteiger partial charge in [-0.3, -0.25) is 4.90 Å². The van der Waals surface area contributed by atoms with Gasteiger partial charge in [-0.1, -0.05) is 19.8 Å². The maximum Gasteiger partial charge on any atom is 0.0210 e. The zero-order chi connectivity index (χ0) is 12.5. The van der Waals surface area contributed by atoms with Crippen molar-refractivity contribution in [3.63, 3.8) is 0 Å². The number of rotatable bonds is 4. The second-order valence-electron chi connectivity index (χ2n) is 7.24. The van der Waals surface area contributed by atoms with Gasteiger partial charge in [0, 0.05) is 24.7 Å². The molecule has 0 bridgehead atoms. The van der Waals surface area contributed by atoms with Gasteiger partial charge in [0.15, 0.2) is 0 Å². The van der Waals surface area contributed by atoms with Crippen LogP contribution < -0.4 is 5.32 Å². The third kappa shape index (κ3) is 3.08. The van der Waals surface area contributed by atoms with Crippen LogP contribution in [0.4, 0.5) is 0 Å². The Morgan fingerprint density at radius 2 is 1.72 bits per heavy atom. The Kier molecular flexibility index (Phi) is 3.95. The first-order valence-corrected chi connectivity index (χ1v) is 8.21. The second kappa shape index (κ2) is 5.50. The molecule has 2 aliphatic carbocycles. The van der Waals surface area contributed by atoms with Crippen molar-refractivity contribution in [2.75, 3.05) is 13.1 Å². The van der Waals surface area contributed by atoms with E-state index in [0.717, 1.165) is 30.0 Å². The first-order chi connectivity index (χ1) is 8.72. The molecule has 2 unspecified atom stereocenters. The Morgan fingerprint density at radius 3 is 2.39 bits per heavy atom. The van der Waals surface area contributed by atoms with Crippen LogP contribution in [-0.2, 0) is 0 Å². The molecule has 3 fully saturated rings. The number of nitrogens with zero attached hydrogens (tertiary/aromatic N) is 1. The first-order valence-electron chi connectivity index (χ1n) is 8.21. The minimum absolute atomic E-state index is 0.778. The van der Waals surface area contributed by atoms with Crippen molar-refractivity contribution in [1.29, 1.82) is 0 Å². The van der Waals surface area contributed by atoms with Crippen LogP contribution in [0.5, 0.6) is 0 Å². The highest BCUT2D eigenvalue weighted by Crippen LogP contribution is 2.33. The molecule has 104 valence electrons. The van der Waals surface area contributed by atoms with Gasteiger partial charge in [-0.15, -0.1) is 0 Å². The number of likely N-dealkylation sites (tertiary alicyclic amines) is 1. The van der Waals surface area contributed by atoms with Crippen LogP contribution in [0.15, 0.2) is 0 Å². The molecule has 1 saturated heterocycles. The molecular formula is C16H30N2. The van der Waals surface area contributed by atoms with Gasteiger partial charge in [-0.2, -0.15) is 0 Å². The molecule has 0 spiro atoms. The quantitative estimate of drug-likeness (QED) is 0.825. The summed E-state index contributed by atoms with van der Waals surface area (Å²) in [6.45, 7) is 7.43. The number of nitrogens with one attached hydrogen (secondary N) is 1. The maximum atomic E-state index is 3.87. The van der Waals surface area contributed by atoms with Gasteiger partial charge in [0.1, 0.15) is 0 Å². The highest BCUT2D eigenvalue weighted by molar-refractivity contribution is 4.96. The minimum Gasteiger partial charge on any atom is -0.312 e. The minimum atomic E-state index is 0.778. The molecule has 0 aromatic heterocycles.